The molecule has 1 aliphatic carbocycles. The van der Waals surface area contributed by atoms with Crippen molar-refractivity contribution >= 4 is 22.8 Å². The molecule has 3 rings (SSSR count). The molecule has 0 spiro atoms. The molecule has 5 nitrogen and oxygen atoms in total. The molecule has 0 aliphatic heterocycles. The number of hydrogen-bond acceptors (Lipinski definition) is 4. The number of carboxylic acids is 1. The second-order valence-electron chi connectivity index (χ2n) is 5.69. The molecule has 0 amide bonds. The normalized spacial score (nSPS) is 22.3. The maximum Gasteiger partial charge on any atom is 0.306 e. The predicted octanol–water partition coefficient (Wildman–Crippen LogP) is 3.45. The zero-order valence-corrected chi connectivity index (χ0v) is 12.1. The van der Waals surface area contributed by atoms with Crippen molar-refractivity contribution in [3.63, 3.8) is 0 Å². The molecule has 2 atom stereocenters. The Kier molecular flexibility index (Phi) is 3.82. The van der Waals surface area contributed by atoms with E-state index >= 15 is 0 Å². The van der Waals surface area contributed by atoms with Crippen molar-refractivity contribution in [3.05, 3.63) is 24.1 Å². The number of nitrogens with one attached hydrogen (secondary N) is 1. The Morgan fingerprint density at radius 2 is 2.33 bits per heavy atom. The molecule has 0 bridgehead atoms. The van der Waals surface area contributed by atoms with E-state index in [2.05, 4.69) is 10.3 Å². The summed E-state index contributed by atoms with van der Waals surface area (Å²) in [7, 11) is 0. The Bertz CT molecular complexity index is 650. The number of oxazole rings is 1. The number of aliphatic carboxylic acids is 1. The average Bonchev–Trinajstić information content (AvgIpc) is 2.90. The van der Waals surface area contributed by atoms with E-state index in [1.54, 1.807) is 0 Å². The Morgan fingerprint density at radius 1 is 1.48 bits per heavy atom. The van der Waals surface area contributed by atoms with Crippen molar-refractivity contribution in [1.82, 2.24) is 4.98 Å². The third kappa shape index (κ3) is 3.01. The van der Waals surface area contributed by atoms with Crippen LogP contribution in [-0.2, 0) is 11.2 Å². The van der Waals surface area contributed by atoms with E-state index in [0.717, 1.165) is 48.4 Å². The van der Waals surface area contributed by atoms with Crippen molar-refractivity contribution in [2.75, 3.05) is 5.32 Å². The van der Waals surface area contributed by atoms with E-state index in [1.807, 2.05) is 25.1 Å². The lowest BCUT2D eigenvalue weighted by atomic mass is 9.85. The summed E-state index contributed by atoms with van der Waals surface area (Å²) in [5, 5.41) is 12.6. The van der Waals surface area contributed by atoms with Gasteiger partial charge in [-0.25, -0.2) is 4.98 Å². The van der Waals surface area contributed by atoms with Gasteiger partial charge in [-0.2, -0.15) is 0 Å². The van der Waals surface area contributed by atoms with Gasteiger partial charge in [0.15, 0.2) is 11.5 Å². The minimum absolute atomic E-state index is 0.217. The summed E-state index contributed by atoms with van der Waals surface area (Å²) in [5.41, 5.74) is 2.63. The molecule has 1 saturated carbocycles. The second kappa shape index (κ2) is 5.76. The van der Waals surface area contributed by atoms with E-state index in [-0.39, 0.29) is 12.0 Å². The molecule has 5 heteroatoms. The maximum atomic E-state index is 11.1. The quantitative estimate of drug-likeness (QED) is 0.901. The van der Waals surface area contributed by atoms with Gasteiger partial charge in [0.2, 0.25) is 0 Å². The summed E-state index contributed by atoms with van der Waals surface area (Å²) in [6.07, 6.45) is 4.23. The predicted molar refractivity (Wildman–Crippen MR) is 80.4 cm³/mol. The first-order chi connectivity index (χ1) is 10.2. The highest BCUT2D eigenvalue weighted by Gasteiger charge is 2.26. The number of rotatable bonds is 4. The van der Waals surface area contributed by atoms with Crippen molar-refractivity contribution in [3.8, 4) is 0 Å². The summed E-state index contributed by atoms with van der Waals surface area (Å²) in [4.78, 5) is 15.5. The van der Waals surface area contributed by atoms with Crippen LogP contribution >= 0.6 is 0 Å². The fraction of sp³-hybridized carbons (Fsp3) is 0.500. The standard InChI is InChI=1S/C16H20N2O3/c1-2-15-18-13-9-12(6-7-14(13)21-15)17-11-5-3-4-10(8-11)16(19)20/h6-7,9-11,17H,2-5,8H2,1H3,(H,19,20). The summed E-state index contributed by atoms with van der Waals surface area (Å²) < 4.78 is 5.59. The monoisotopic (exact) mass is 288 g/mol. The van der Waals surface area contributed by atoms with Gasteiger partial charge in [-0.1, -0.05) is 13.3 Å². The Hall–Kier alpha value is -2.04. The minimum Gasteiger partial charge on any atom is -0.481 e. The molecular weight excluding hydrogens is 268 g/mol. The van der Waals surface area contributed by atoms with Crippen molar-refractivity contribution in [1.29, 1.82) is 0 Å². The first-order valence-corrected chi connectivity index (χ1v) is 7.54. The molecular formula is C16H20N2O3. The highest BCUT2D eigenvalue weighted by molar-refractivity contribution is 5.77. The highest BCUT2D eigenvalue weighted by atomic mass is 16.4. The van der Waals surface area contributed by atoms with Crippen molar-refractivity contribution in [2.24, 2.45) is 5.92 Å². The van der Waals surface area contributed by atoms with Gasteiger partial charge in [0.05, 0.1) is 5.92 Å². The third-order valence-corrected chi connectivity index (χ3v) is 4.13. The maximum absolute atomic E-state index is 11.1. The molecule has 112 valence electrons. The van der Waals surface area contributed by atoms with Crippen molar-refractivity contribution < 1.29 is 14.3 Å². The Labute approximate surface area is 123 Å². The Morgan fingerprint density at radius 3 is 3.10 bits per heavy atom. The molecule has 1 heterocycles. The van der Waals surface area contributed by atoms with Gasteiger partial charge in [0.1, 0.15) is 5.52 Å². The van der Waals surface area contributed by atoms with E-state index in [1.165, 1.54) is 0 Å². The number of benzene rings is 1. The van der Waals surface area contributed by atoms with Crippen molar-refractivity contribution in [2.45, 2.75) is 45.1 Å². The van der Waals surface area contributed by atoms with Gasteiger partial charge < -0.3 is 14.8 Å². The van der Waals surface area contributed by atoms with E-state index < -0.39 is 5.97 Å². The topological polar surface area (TPSA) is 75.4 Å². The highest BCUT2D eigenvalue weighted by Crippen LogP contribution is 2.28. The summed E-state index contributed by atoms with van der Waals surface area (Å²) in [6, 6.07) is 6.08. The molecule has 2 unspecified atom stereocenters. The van der Waals surface area contributed by atoms with E-state index in [0.29, 0.717) is 6.42 Å². The molecule has 21 heavy (non-hydrogen) atoms. The number of nitrogens with zero attached hydrogens (tertiary/aromatic N) is 1. The zero-order valence-electron chi connectivity index (χ0n) is 12.1. The molecule has 0 radical (unpaired) electrons. The van der Waals surface area contributed by atoms with Crippen LogP contribution in [0.2, 0.25) is 0 Å². The summed E-state index contributed by atoms with van der Waals surface area (Å²) in [5.74, 6) is -0.162. The van der Waals surface area contributed by atoms with Crippen LogP contribution in [0.25, 0.3) is 11.1 Å². The van der Waals surface area contributed by atoms with Crippen LogP contribution in [0.15, 0.2) is 22.6 Å². The van der Waals surface area contributed by atoms with Gasteiger partial charge in [-0.15, -0.1) is 0 Å². The molecule has 0 saturated heterocycles. The van der Waals surface area contributed by atoms with Crippen LogP contribution in [0.3, 0.4) is 0 Å². The first kappa shape index (κ1) is 13.9. The van der Waals surface area contributed by atoms with Crippen LogP contribution < -0.4 is 5.32 Å². The summed E-state index contributed by atoms with van der Waals surface area (Å²) >= 11 is 0. The number of anilines is 1. The number of carbonyl (C=O) groups is 1. The van der Waals surface area contributed by atoms with Crippen LogP contribution in [0.1, 0.15) is 38.5 Å². The van der Waals surface area contributed by atoms with Crippen LogP contribution in [-0.4, -0.2) is 22.1 Å². The fourth-order valence-electron chi connectivity index (χ4n) is 3.00. The molecule has 1 aromatic heterocycles. The number of fused-ring (bicyclic) bond motifs is 1. The van der Waals surface area contributed by atoms with Gasteiger partial charge in [-0.3, -0.25) is 4.79 Å². The van der Waals surface area contributed by atoms with Gasteiger partial charge in [-0.05, 0) is 37.5 Å². The third-order valence-electron chi connectivity index (χ3n) is 4.13. The largest absolute Gasteiger partial charge is 0.481 e. The molecule has 2 aromatic rings. The summed E-state index contributed by atoms with van der Waals surface area (Å²) in [6.45, 7) is 2.01. The lowest BCUT2D eigenvalue weighted by Gasteiger charge is -2.28. The number of aromatic nitrogens is 1. The smallest absolute Gasteiger partial charge is 0.306 e. The molecule has 1 aliphatic rings. The van der Waals surface area contributed by atoms with Crippen LogP contribution in [0.5, 0.6) is 0 Å². The molecule has 1 fully saturated rings. The van der Waals surface area contributed by atoms with Gasteiger partial charge in [0.25, 0.3) is 0 Å². The van der Waals surface area contributed by atoms with Gasteiger partial charge in [0, 0.05) is 18.2 Å². The van der Waals surface area contributed by atoms with E-state index in [9.17, 15) is 4.79 Å². The second-order valence-corrected chi connectivity index (χ2v) is 5.69. The lowest BCUT2D eigenvalue weighted by molar-refractivity contribution is -0.142. The fourth-order valence-corrected chi connectivity index (χ4v) is 3.00. The number of aryl methyl sites for hydroxylation is 1. The minimum atomic E-state index is -0.680. The van der Waals surface area contributed by atoms with Crippen LogP contribution in [0, 0.1) is 5.92 Å². The average molecular weight is 288 g/mol. The van der Waals surface area contributed by atoms with E-state index in [4.69, 9.17) is 9.52 Å². The van der Waals surface area contributed by atoms with Gasteiger partial charge >= 0.3 is 5.97 Å². The molecule has 1 aromatic carbocycles. The first-order valence-electron chi connectivity index (χ1n) is 7.54. The number of carboxylic acid groups (broad SMARTS) is 1. The Balaban J connectivity index is 1.73. The number of hydrogen-bond donors (Lipinski definition) is 2. The molecule has 2 N–H and O–H groups in total. The SMILES string of the molecule is CCc1nc2cc(NC3CCCC(C(=O)O)C3)ccc2o1. The zero-order chi connectivity index (χ0) is 14.8. The van der Waals surface area contributed by atoms with Crippen LogP contribution in [0.4, 0.5) is 5.69 Å². The lowest BCUT2D eigenvalue weighted by Crippen LogP contribution is -2.30.